The number of amides is 1. The van der Waals surface area contributed by atoms with Gasteiger partial charge in [-0.3, -0.25) is 4.79 Å². The van der Waals surface area contributed by atoms with Gasteiger partial charge in [0.25, 0.3) is 5.91 Å². The number of thioether (sulfide) groups is 1. The van der Waals surface area contributed by atoms with Gasteiger partial charge in [-0.05, 0) is 11.0 Å². The molecule has 0 saturated heterocycles. The fourth-order valence-corrected chi connectivity index (χ4v) is 1.30. The molecular formula is C5H11NOPS+. The molecule has 0 aromatic carbocycles. The van der Waals surface area contributed by atoms with Crippen LogP contribution in [-0.4, -0.2) is 31.2 Å². The highest BCUT2D eigenvalue weighted by atomic mass is 32.2. The van der Waals surface area contributed by atoms with Gasteiger partial charge in [0.1, 0.15) is 13.3 Å². The van der Waals surface area contributed by atoms with Crippen molar-refractivity contribution in [3.63, 3.8) is 0 Å². The lowest BCUT2D eigenvalue weighted by molar-refractivity contribution is -0.115. The Morgan fingerprint density at radius 2 is 2.22 bits per heavy atom. The van der Waals surface area contributed by atoms with Crippen LogP contribution in [-0.2, 0) is 4.79 Å². The smallest absolute Gasteiger partial charge is 0.268 e. The summed E-state index contributed by atoms with van der Waals surface area (Å²) >= 11 is 1.52. The van der Waals surface area contributed by atoms with Gasteiger partial charge in [0.2, 0.25) is 7.71 Å². The zero-order valence-electron chi connectivity index (χ0n) is 5.92. The first-order valence-electron chi connectivity index (χ1n) is 2.57. The van der Waals surface area contributed by atoms with Gasteiger partial charge in [-0.25, -0.2) is 0 Å². The molecule has 0 saturated carbocycles. The molecule has 0 fully saturated rings. The van der Waals surface area contributed by atoms with Crippen molar-refractivity contribution >= 4 is 25.4 Å². The van der Waals surface area contributed by atoms with Crippen LogP contribution in [0.3, 0.4) is 0 Å². The minimum atomic E-state index is -0.389. The largest absolute Gasteiger partial charge is 0.296 e. The molecule has 0 aliphatic rings. The molecule has 0 aliphatic heterocycles. The molecule has 0 aromatic heterocycles. The van der Waals surface area contributed by atoms with E-state index in [1.54, 1.807) is 0 Å². The Balaban J connectivity index is 3.63. The Kier molecular flexibility index (Phi) is 5.02. The number of hydrogen-bond acceptors (Lipinski definition) is 2. The van der Waals surface area contributed by atoms with Crippen LogP contribution >= 0.6 is 19.5 Å². The van der Waals surface area contributed by atoms with Crippen LogP contribution in [0, 0.1) is 0 Å². The number of carbonyl (C=O) groups excluding carboxylic acids is 1. The summed E-state index contributed by atoms with van der Waals surface area (Å²) in [5, 5.41) is 0. The lowest BCUT2D eigenvalue weighted by atomic mass is 10.8. The van der Waals surface area contributed by atoms with E-state index in [1.807, 2.05) is 19.6 Å². The minimum absolute atomic E-state index is 0.0265. The highest BCUT2D eigenvalue weighted by Crippen LogP contribution is 2.13. The van der Waals surface area contributed by atoms with Gasteiger partial charge >= 0.3 is 0 Å². The Morgan fingerprint density at radius 3 is 2.56 bits per heavy atom. The lowest BCUT2D eigenvalue weighted by Crippen LogP contribution is -1.93. The van der Waals surface area contributed by atoms with E-state index < -0.39 is 0 Å². The van der Waals surface area contributed by atoms with Gasteiger partial charge in [0.15, 0.2) is 0 Å². The molecule has 0 aliphatic carbocycles. The summed E-state index contributed by atoms with van der Waals surface area (Å²) in [5.74, 6) is 0.555. The maximum Gasteiger partial charge on any atom is 0.296 e. The van der Waals surface area contributed by atoms with E-state index in [0.29, 0.717) is 5.75 Å². The van der Waals surface area contributed by atoms with Crippen molar-refractivity contribution in [1.82, 2.24) is 0 Å². The average molecular weight is 164 g/mol. The van der Waals surface area contributed by atoms with Crippen molar-refractivity contribution in [3.05, 3.63) is 0 Å². The normalized spacial score (nSPS) is 8.78. The SMILES string of the molecule is CSCC(=O)N=[P+](C)C. The monoisotopic (exact) mass is 164 g/mol. The van der Waals surface area contributed by atoms with Gasteiger partial charge < -0.3 is 0 Å². The Morgan fingerprint density at radius 1 is 1.67 bits per heavy atom. The Bertz CT molecular complexity index is 131. The fraction of sp³-hybridized carbons (Fsp3) is 0.800. The molecule has 52 valence electrons. The summed E-state index contributed by atoms with van der Waals surface area (Å²) in [5.41, 5.74) is 0. The molecule has 1 amide bonds. The summed E-state index contributed by atoms with van der Waals surface area (Å²) in [6.07, 6.45) is 1.90. The third kappa shape index (κ3) is 6.00. The van der Waals surface area contributed by atoms with Crippen LogP contribution in [0.4, 0.5) is 0 Å². The fourth-order valence-electron chi connectivity index (χ4n) is 0.375. The molecule has 0 radical (unpaired) electrons. The van der Waals surface area contributed by atoms with E-state index in [4.69, 9.17) is 0 Å². The molecule has 0 spiro atoms. The summed E-state index contributed by atoms with van der Waals surface area (Å²) in [7, 11) is -0.389. The summed E-state index contributed by atoms with van der Waals surface area (Å²) in [6, 6.07) is 0. The topological polar surface area (TPSA) is 29.4 Å². The van der Waals surface area contributed by atoms with Crippen molar-refractivity contribution in [2.45, 2.75) is 0 Å². The Hall–Kier alpha value is 0.120. The van der Waals surface area contributed by atoms with Crippen LogP contribution in [0.15, 0.2) is 4.74 Å². The molecule has 4 heteroatoms. The molecule has 0 bridgehead atoms. The first-order valence-corrected chi connectivity index (χ1v) is 6.16. The Labute approximate surface area is 60.9 Å². The van der Waals surface area contributed by atoms with Crippen molar-refractivity contribution in [2.24, 2.45) is 4.74 Å². The second kappa shape index (κ2) is 4.95. The highest BCUT2D eigenvalue weighted by Gasteiger charge is 2.01. The second-order valence-corrected chi connectivity index (χ2v) is 4.53. The maximum absolute atomic E-state index is 10.7. The molecule has 0 unspecified atom stereocenters. The number of hydrogen-bond donors (Lipinski definition) is 0. The third-order valence-corrected chi connectivity index (χ3v) is 1.74. The first kappa shape index (κ1) is 9.12. The summed E-state index contributed by atoms with van der Waals surface area (Å²) in [4.78, 5) is 10.7. The zero-order valence-corrected chi connectivity index (χ0v) is 7.63. The zero-order chi connectivity index (χ0) is 7.28. The molecular weight excluding hydrogens is 153 g/mol. The van der Waals surface area contributed by atoms with E-state index in [0.717, 1.165) is 0 Å². The number of carbonyl (C=O) groups is 1. The van der Waals surface area contributed by atoms with Gasteiger partial charge in [0, 0.05) is 0 Å². The van der Waals surface area contributed by atoms with Crippen LogP contribution in [0.1, 0.15) is 0 Å². The van der Waals surface area contributed by atoms with Crippen LogP contribution in [0.2, 0.25) is 0 Å². The first-order chi connectivity index (χ1) is 4.16. The number of nitrogens with zero attached hydrogens (tertiary/aromatic N) is 1. The summed E-state index contributed by atoms with van der Waals surface area (Å²) < 4.78 is 3.87. The van der Waals surface area contributed by atoms with Gasteiger partial charge in [-0.15, -0.1) is 0 Å². The second-order valence-electron chi connectivity index (χ2n) is 1.77. The van der Waals surface area contributed by atoms with Gasteiger partial charge in [0.05, 0.1) is 5.75 Å². The predicted molar refractivity (Wildman–Crippen MR) is 44.6 cm³/mol. The molecule has 0 rings (SSSR count). The third-order valence-electron chi connectivity index (χ3n) is 0.579. The van der Waals surface area contributed by atoms with Crippen LogP contribution in [0.25, 0.3) is 0 Å². The molecule has 2 nitrogen and oxygen atoms in total. The van der Waals surface area contributed by atoms with Crippen LogP contribution < -0.4 is 0 Å². The summed E-state index contributed by atoms with van der Waals surface area (Å²) in [6.45, 7) is 3.93. The van der Waals surface area contributed by atoms with Gasteiger partial charge in [-0.1, -0.05) is 0 Å². The van der Waals surface area contributed by atoms with Crippen molar-refractivity contribution < 1.29 is 4.79 Å². The van der Waals surface area contributed by atoms with Crippen molar-refractivity contribution in [3.8, 4) is 0 Å². The van der Waals surface area contributed by atoms with E-state index in [9.17, 15) is 4.79 Å². The van der Waals surface area contributed by atoms with E-state index in [-0.39, 0.29) is 13.6 Å². The average Bonchev–Trinajstić information content (AvgIpc) is 1.63. The lowest BCUT2D eigenvalue weighted by Gasteiger charge is -1.82. The van der Waals surface area contributed by atoms with Crippen molar-refractivity contribution in [2.75, 3.05) is 25.3 Å². The quantitative estimate of drug-likeness (QED) is 0.582. The van der Waals surface area contributed by atoms with E-state index >= 15 is 0 Å². The standard InChI is InChI=1S/C5H11NOPS/c1-8(2)6-5(7)4-9-3/h4H2,1-3H3/q+1. The van der Waals surface area contributed by atoms with E-state index in [2.05, 4.69) is 4.74 Å². The molecule has 0 aromatic rings. The molecule has 0 heterocycles. The van der Waals surface area contributed by atoms with E-state index in [1.165, 1.54) is 11.8 Å². The minimum Gasteiger partial charge on any atom is -0.268 e. The predicted octanol–water partition coefficient (Wildman–Crippen LogP) is 1.80. The maximum atomic E-state index is 10.7. The molecule has 0 atom stereocenters. The van der Waals surface area contributed by atoms with Crippen molar-refractivity contribution in [1.29, 1.82) is 0 Å². The van der Waals surface area contributed by atoms with Crippen LogP contribution in [0.5, 0.6) is 0 Å². The number of rotatable bonds is 2. The molecule has 9 heavy (non-hydrogen) atoms. The highest BCUT2D eigenvalue weighted by molar-refractivity contribution is 7.99. The molecule has 0 N–H and O–H groups in total. The van der Waals surface area contributed by atoms with Gasteiger partial charge in [-0.2, -0.15) is 11.8 Å².